The number of benzene rings is 2. The van der Waals surface area contributed by atoms with Crippen LogP contribution >= 0.6 is 23.2 Å². The van der Waals surface area contributed by atoms with E-state index < -0.39 is 6.04 Å². The fourth-order valence-corrected chi connectivity index (χ4v) is 3.53. The molecule has 1 atom stereocenters. The Morgan fingerprint density at radius 3 is 2.56 bits per heavy atom. The molecule has 1 heterocycles. The van der Waals surface area contributed by atoms with Gasteiger partial charge in [-0.3, -0.25) is 9.59 Å². The minimum absolute atomic E-state index is 0.139. The lowest BCUT2D eigenvalue weighted by atomic mass is 10.1. The monoisotopic (exact) mass is 406 g/mol. The van der Waals surface area contributed by atoms with Crippen LogP contribution in [0.5, 0.6) is 5.75 Å². The van der Waals surface area contributed by atoms with Gasteiger partial charge in [0.2, 0.25) is 5.91 Å². The number of nitrogens with zero attached hydrogens (tertiary/aromatic N) is 1. The Hall–Kier alpha value is -2.08. The Morgan fingerprint density at radius 1 is 1.15 bits per heavy atom. The number of anilines is 1. The maximum absolute atomic E-state index is 12.6. The molecule has 2 amide bonds. The molecule has 5 nitrogen and oxygen atoms in total. The van der Waals surface area contributed by atoms with Crippen molar-refractivity contribution in [2.45, 2.75) is 25.8 Å². The van der Waals surface area contributed by atoms with Gasteiger partial charge in [0.05, 0.1) is 24.8 Å². The molecule has 0 radical (unpaired) electrons. The summed E-state index contributed by atoms with van der Waals surface area (Å²) in [6, 6.07) is 11.7. The van der Waals surface area contributed by atoms with Gasteiger partial charge in [0.25, 0.3) is 5.91 Å². The lowest BCUT2D eigenvalue weighted by Crippen LogP contribution is -2.39. The lowest BCUT2D eigenvalue weighted by molar-refractivity contribution is -0.121. The van der Waals surface area contributed by atoms with Crippen molar-refractivity contribution < 1.29 is 14.3 Å². The molecule has 0 unspecified atom stereocenters. The number of hydrogen-bond donors (Lipinski definition) is 1. The average molecular weight is 407 g/mol. The topological polar surface area (TPSA) is 58.6 Å². The van der Waals surface area contributed by atoms with Crippen LogP contribution in [0.15, 0.2) is 42.5 Å². The maximum atomic E-state index is 12.6. The van der Waals surface area contributed by atoms with Crippen LogP contribution in [0.25, 0.3) is 0 Å². The molecule has 1 N–H and O–H groups in total. The number of hydrogen-bond acceptors (Lipinski definition) is 4. The van der Waals surface area contributed by atoms with Gasteiger partial charge in [-0.2, -0.15) is 0 Å². The highest BCUT2D eigenvalue weighted by atomic mass is 35.5. The molecule has 1 aliphatic heterocycles. The highest BCUT2D eigenvalue weighted by Gasteiger charge is 2.39. The van der Waals surface area contributed by atoms with E-state index in [4.69, 9.17) is 27.9 Å². The first kappa shape index (κ1) is 19.7. The molecule has 1 fully saturated rings. The zero-order valence-electron chi connectivity index (χ0n) is 14.9. The predicted octanol–water partition coefficient (Wildman–Crippen LogP) is 3.86. The molecule has 0 saturated carbocycles. The fraction of sp³-hybridized carbons (Fsp3) is 0.300. The van der Waals surface area contributed by atoms with Gasteiger partial charge in [-0.15, -0.1) is 0 Å². The average Bonchev–Trinajstić information content (AvgIpc) is 2.92. The van der Waals surface area contributed by atoms with E-state index in [1.807, 2.05) is 13.0 Å². The number of nitrogens with one attached hydrogen (secondary N) is 1. The van der Waals surface area contributed by atoms with E-state index >= 15 is 0 Å². The second-order valence-corrected chi connectivity index (χ2v) is 7.03. The van der Waals surface area contributed by atoms with Crippen molar-refractivity contribution in [3.05, 3.63) is 58.1 Å². The first-order valence-electron chi connectivity index (χ1n) is 8.76. The molecule has 7 heteroatoms. The molecule has 1 aliphatic rings. The molecule has 27 heavy (non-hydrogen) atoms. The van der Waals surface area contributed by atoms with Gasteiger partial charge in [-0.25, -0.2) is 4.90 Å². The molecular formula is C20H20Cl2N2O3. The van der Waals surface area contributed by atoms with E-state index in [-0.39, 0.29) is 18.2 Å². The van der Waals surface area contributed by atoms with Crippen LogP contribution in [0.3, 0.4) is 0 Å². The largest absolute Gasteiger partial charge is 0.494 e. The fourth-order valence-electron chi connectivity index (χ4n) is 3.03. The molecule has 0 bridgehead atoms. The minimum Gasteiger partial charge on any atom is -0.494 e. The quantitative estimate of drug-likeness (QED) is 0.709. The van der Waals surface area contributed by atoms with Gasteiger partial charge < -0.3 is 10.1 Å². The number of rotatable bonds is 7. The van der Waals surface area contributed by atoms with Crippen molar-refractivity contribution in [3.63, 3.8) is 0 Å². The van der Waals surface area contributed by atoms with Gasteiger partial charge in [-0.1, -0.05) is 29.3 Å². The smallest absolute Gasteiger partial charge is 0.251 e. The van der Waals surface area contributed by atoms with E-state index in [9.17, 15) is 9.59 Å². The van der Waals surface area contributed by atoms with E-state index in [0.717, 1.165) is 5.56 Å². The normalized spacial score (nSPS) is 16.9. The van der Waals surface area contributed by atoms with E-state index in [2.05, 4.69) is 5.32 Å². The van der Waals surface area contributed by atoms with Gasteiger partial charge in [0.15, 0.2) is 0 Å². The van der Waals surface area contributed by atoms with Crippen LogP contribution in [-0.2, 0) is 16.0 Å². The Kier molecular flexibility index (Phi) is 6.37. The summed E-state index contributed by atoms with van der Waals surface area (Å²) in [5.74, 6) is 0.243. The van der Waals surface area contributed by atoms with Crippen molar-refractivity contribution in [1.29, 1.82) is 0 Å². The molecule has 3 rings (SSSR count). The van der Waals surface area contributed by atoms with E-state index in [1.54, 1.807) is 36.4 Å². The Labute approximate surface area is 168 Å². The molecule has 0 aliphatic carbocycles. The summed E-state index contributed by atoms with van der Waals surface area (Å²) in [6.07, 6.45) is 0.775. The molecule has 0 spiro atoms. The summed E-state index contributed by atoms with van der Waals surface area (Å²) >= 11 is 12.1. The molecule has 142 valence electrons. The van der Waals surface area contributed by atoms with Crippen LogP contribution in [0.2, 0.25) is 10.0 Å². The summed E-state index contributed by atoms with van der Waals surface area (Å²) in [7, 11) is 0. The maximum Gasteiger partial charge on any atom is 0.251 e. The third-order valence-corrected chi connectivity index (χ3v) is 4.94. The van der Waals surface area contributed by atoms with E-state index in [0.29, 0.717) is 41.1 Å². The van der Waals surface area contributed by atoms with Crippen molar-refractivity contribution in [2.75, 3.05) is 18.1 Å². The molecule has 0 aromatic heterocycles. The highest BCUT2D eigenvalue weighted by molar-refractivity contribution is 6.35. The van der Waals surface area contributed by atoms with Crippen LogP contribution < -0.4 is 15.0 Å². The van der Waals surface area contributed by atoms with Gasteiger partial charge in [-0.05, 0) is 61.9 Å². The minimum atomic E-state index is -0.532. The van der Waals surface area contributed by atoms with E-state index in [1.165, 1.54) is 4.90 Å². The van der Waals surface area contributed by atoms with Gasteiger partial charge >= 0.3 is 0 Å². The van der Waals surface area contributed by atoms with Crippen LogP contribution in [0, 0.1) is 0 Å². The predicted molar refractivity (Wildman–Crippen MR) is 107 cm³/mol. The lowest BCUT2D eigenvalue weighted by Gasteiger charge is -2.16. The van der Waals surface area contributed by atoms with Crippen molar-refractivity contribution in [3.8, 4) is 5.75 Å². The Morgan fingerprint density at radius 2 is 1.89 bits per heavy atom. The van der Waals surface area contributed by atoms with Crippen molar-refractivity contribution in [2.24, 2.45) is 0 Å². The molecule has 2 aromatic rings. The van der Waals surface area contributed by atoms with Gasteiger partial charge in [0.1, 0.15) is 5.75 Å². The number of amides is 2. The summed E-state index contributed by atoms with van der Waals surface area (Å²) in [5, 5.41) is 4.33. The van der Waals surface area contributed by atoms with Crippen molar-refractivity contribution >= 4 is 40.7 Å². The SMILES string of the molecule is CCOc1ccc(N2C(=O)C[C@H](NCCc3ccc(Cl)cc3Cl)C2=O)cc1. The highest BCUT2D eigenvalue weighted by Crippen LogP contribution is 2.25. The summed E-state index contributed by atoms with van der Waals surface area (Å²) in [5.41, 5.74) is 1.49. The molecule has 1 saturated heterocycles. The summed E-state index contributed by atoms with van der Waals surface area (Å²) in [4.78, 5) is 26.2. The Balaban J connectivity index is 1.60. The standard InChI is InChI=1S/C20H20Cl2N2O3/c1-2-27-16-7-5-15(6-8-16)24-19(25)12-18(20(24)26)23-10-9-13-3-4-14(21)11-17(13)22/h3-8,11,18,23H,2,9-10,12H2,1H3/t18-/m0/s1. The van der Waals surface area contributed by atoms with Crippen LogP contribution in [0.1, 0.15) is 18.9 Å². The Bertz CT molecular complexity index is 840. The number of carbonyl (C=O) groups excluding carboxylic acids is 2. The van der Waals surface area contributed by atoms with Gasteiger partial charge in [0, 0.05) is 10.0 Å². The first-order valence-corrected chi connectivity index (χ1v) is 9.52. The molecule has 2 aromatic carbocycles. The van der Waals surface area contributed by atoms with Crippen LogP contribution in [-0.4, -0.2) is 31.0 Å². The summed E-state index contributed by atoms with van der Waals surface area (Å²) < 4.78 is 5.39. The second-order valence-electron chi connectivity index (χ2n) is 6.19. The number of carbonyl (C=O) groups is 2. The third kappa shape index (κ3) is 4.61. The zero-order valence-corrected chi connectivity index (χ0v) is 16.4. The first-order chi connectivity index (χ1) is 13.0. The summed E-state index contributed by atoms with van der Waals surface area (Å²) in [6.45, 7) is 2.99. The molecular weight excluding hydrogens is 387 g/mol. The second kappa shape index (κ2) is 8.74. The number of halogens is 2. The number of imide groups is 1. The third-order valence-electron chi connectivity index (χ3n) is 4.35. The van der Waals surface area contributed by atoms with Crippen LogP contribution in [0.4, 0.5) is 5.69 Å². The zero-order chi connectivity index (χ0) is 19.4. The van der Waals surface area contributed by atoms with Crippen molar-refractivity contribution in [1.82, 2.24) is 5.32 Å². The number of ether oxygens (including phenoxy) is 1.